The maximum atomic E-state index is 11.8. The molecule has 0 saturated carbocycles. The standard InChI is InChI=1S/C20H32Cl2N2O2.ClH/c1-3-23(4-2)16-17-26-20(25)7-5-6-18-8-10-19(11-9-18)24(14-12-21)15-13-22;/h8-11H,3-7,12-17H2,1-2H3;1H. The van der Waals surface area contributed by atoms with Crippen LogP contribution >= 0.6 is 35.6 Å². The predicted octanol–water partition coefficient (Wildman–Crippen LogP) is 4.60. The quantitative estimate of drug-likeness (QED) is 0.313. The SMILES string of the molecule is CCN(CC)CCOC(=O)CCCc1ccc(N(CCCl)CCCl)cc1.Cl. The van der Waals surface area contributed by atoms with Gasteiger partial charge in [0.25, 0.3) is 0 Å². The van der Waals surface area contributed by atoms with E-state index in [1.165, 1.54) is 5.56 Å². The predicted molar refractivity (Wildman–Crippen MR) is 119 cm³/mol. The van der Waals surface area contributed by atoms with Crippen LogP contribution < -0.4 is 4.90 Å². The molecule has 1 aromatic carbocycles. The summed E-state index contributed by atoms with van der Waals surface area (Å²) in [5.41, 5.74) is 2.35. The molecule has 0 amide bonds. The number of anilines is 1. The molecule has 0 radical (unpaired) electrons. The van der Waals surface area contributed by atoms with Crippen LogP contribution in [0.4, 0.5) is 5.69 Å². The Bertz CT molecular complexity index is 491. The minimum absolute atomic E-state index is 0. The van der Waals surface area contributed by atoms with Gasteiger partial charge in [-0.2, -0.15) is 0 Å². The van der Waals surface area contributed by atoms with Gasteiger partial charge in [0.15, 0.2) is 0 Å². The van der Waals surface area contributed by atoms with Gasteiger partial charge >= 0.3 is 5.97 Å². The van der Waals surface area contributed by atoms with Crippen LogP contribution in [0.25, 0.3) is 0 Å². The lowest BCUT2D eigenvalue weighted by Gasteiger charge is -2.23. The first-order valence-electron chi connectivity index (χ1n) is 9.48. The summed E-state index contributed by atoms with van der Waals surface area (Å²) in [4.78, 5) is 16.2. The molecule has 0 unspecified atom stereocenters. The zero-order chi connectivity index (χ0) is 19.2. The Morgan fingerprint density at radius 1 is 1.00 bits per heavy atom. The molecule has 0 aromatic heterocycles. The minimum atomic E-state index is -0.107. The first-order valence-corrected chi connectivity index (χ1v) is 10.5. The van der Waals surface area contributed by atoms with Crippen LogP contribution in [-0.2, 0) is 16.0 Å². The number of alkyl halides is 2. The lowest BCUT2D eigenvalue weighted by molar-refractivity contribution is -0.144. The lowest BCUT2D eigenvalue weighted by Crippen LogP contribution is -2.27. The minimum Gasteiger partial charge on any atom is -0.464 e. The van der Waals surface area contributed by atoms with Gasteiger partial charge in [0.05, 0.1) is 0 Å². The monoisotopic (exact) mass is 438 g/mol. The number of benzene rings is 1. The number of rotatable bonds is 14. The van der Waals surface area contributed by atoms with Crippen molar-refractivity contribution in [2.75, 3.05) is 56.0 Å². The third-order valence-electron chi connectivity index (χ3n) is 4.42. The third-order valence-corrected chi connectivity index (χ3v) is 4.76. The first kappa shape index (κ1) is 26.3. The Morgan fingerprint density at radius 3 is 2.11 bits per heavy atom. The third kappa shape index (κ3) is 11.0. The molecule has 0 heterocycles. The van der Waals surface area contributed by atoms with Gasteiger partial charge in [-0.15, -0.1) is 35.6 Å². The molecule has 156 valence electrons. The van der Waals surface area contributed by atoms with Crippen molar-refractivity contribution in [2.45, 2.75) is 33.1 Å². The van der Waals surface area contributed by atoms with Gasteiger partial charge < -0.3 is 14.5 Å². The molecule has 0 aliphatic rings. The van der Waals surface area contributed by atoms with Gasteiger partial charge in [0, 0.05) is 43.5 Å². The van der Waals surface area contributed by atoms with Gasteiger partial charge in [-0.05, 0) is 43.6 Å². The van der Waals surface area contributed by atoms with Crippen molar-refractivity contribution in [1.82, 2.24) is 4.90 Å². The van der Waals surface area contributed by atoms with Crippen molar-refractivity contribution in [3.63, 3.8) is 0 Å². The number of halogens is 3. The van der Waals surface area contributed by atoms with Crippen LogP contribution in [-0.4, -0.2) is 62.0 Å². The summed E-state index contributed by atoms with van der Waals surface area (Å²) in [6.07, 6.45) is 2.14. The van der Waals surface area contributed by atoms with Gasteiger partial charge in [-0.25, -0.2) is 0 Å². The number of esters is 1. The summed E-state index contributed by atoms with van der Waals surface area (Å²) in [6.45, 7) is 9.05. The zero-order valence-corrected chi connectivity index (χ0v) is 18.8. The van der Waals surface area contributed by atoms with Crippen LogP contribution in [0.5, 0.6) is 0 Å². The number of carbonyl (C=O) groups excluding carboxylic acids is 1. The Labute approximate surface area is 180 Å². The number of aryl methyl sites for hydroxylation is 1. The molecule has 1 aromatic rings. The molecule has 0 aliphatic heterocycles. The maximum absolute atomic E-state index is 11.8. The van der Waals surface area contributed by atoms with Crippen molar-refractivity contribution in [2.24, 2.45) is 0 Å². The van der Waals surface area contributed by atoms with E-state index in [-0.39, 0.29) is 18.4 Å². The molecule has 1 rings (SSSR count). The van der Waals surface area contributed by atoms with E-state index in [0.29, 0.717) is 24.8 Å². The summed E-state index contributed by atoms with van der Waals surface area (Å²) < 4.78 is 5.31. The van der Waals surface area contributed by atoms with Crippen molar-refractivity contribution in [3.8, 4) is 0 Å². The van der Waals surface area contributed by atoms with Crippen molar-refractivity contribution >= 4 is 47.3 Å². The number of hydrogen-bond donors (Lipinski definition) is 0. The molecule has 0 spiro atoms. The van der Waals surface area contributed by atoms with Crippen molar-refractivity contribution < 1.29 is 9.53 Å². The van der Waals surface area contributed by atoms with Crippen molar-refractivity contribution in [3.05, 3.63) is 29.8 Å². The van der Waals surface area contributed by atoms with E-state index < -0.39 is 0 Å². The largest absolute Gasteiger partial charge is 0.464 e. The summed E-state index contributed by atoms with van der Waals surface area (Å²) in [7, 11) is 0. The Hall–Kier alpha value is -0.680. The Kier molecular flexibility index (Phi) is 15.9. The van der Waals surface area contributed by atoms with E-state index in [2.05, 4.69) is 47.9 Å². The molecule has 0 aliphatic carbocycles. The number of likely N-dealkylation sites (N-methyl/N-ethyl adjacent to an activating group) is 1. The Balaban J connectivity index is 0.00000676. The van der Waals surface area contributed by atoms with E-state index in [1.54, 1.807) is 0 Å². The summed E-state index contributed by atoms with van der Waals surface area (Å²) in [6, 6.07) is 8.40. The van der Waals surface area contributed by atoms with Gasteiger partial charge in [0.2, 0.25) is 0 Å². The van der Waals surface area contributed by atoms with Crippen LogP contribution in [0.2, 0.25) is 0 Å². The molecule has 27 heavy (non-hydrogen) atoms. The molecule has 4 nitrogen and oxygen atoms in total. The van der Waals surface area contributed by atoms with Gasteiger partial charge in [0.1, 0.15) is 6.61 Å². The second-order valence-electron chi connectivity index (χ2n) is 6.13. The summed E-state index contributed by atoms with van der Waals surface area (Å²) in [5, 5.41) is 0. The van der Waals surface area contributed by atoms with Crippen molar-refractivity contribution in [1.29, 1.82) is 0 Å². The average molecular weight is 440 g/mol. The number of ether oxygens (including phenoxy) is 1. The molecule has 0 bridgehead atoms. The molecular weight excluding hydrogens is 407 g/mol. The number of carbonyl (C=O) groups is 1. The number of hydrogen-bond acceptors (Lipinski definition) is 4. The molecule has 0 fully saturated rings. The maximum Gasteiger partial charge on any atom is 0.305 e. The molecular formula is C20H33Cl3N2O2. The molecule has 0 atom stereocenters. The average Bonchev–Trinajstić information content (AvgIpc) is 2.66. The second kappa shape index (κ2) is 16.3. The highest BCUT2D eigenvalue weighted by molar-refractivity contribution is 6.18. The van der Waals surface area contributed by atoms with Crippen LogP contribution in [0.15, 0.2) is 24.3 Å². The molecule has 7 heteroatoms. The fourth-order valence-electron chi connectivity index (χ4n) is 2.78. The van der Waals surface area contributed by atoms with Gasteiger partial charge in [-0.1, -0.05) is 26.0 Å². The van der Waals surface area contributed by atoms with E-state index in [1.807, 2.05) is 0 Å². The smallest absolute Gasteiger partial charge is 0.305 e. The van der Waals surface area contributed by atoms with E-state index in [9.17, 15) is 4.79 Å². The molecule has 0 N–H and O–H groups in total. The fourth-order valence-corrected chi connectivity index (χ4v) is 3.19. The molecule has 0 saturated heterocycles. The highest BCUT2D eigenvalue weighted by Crippen LogP contribution is 2.17. The normalized spacial score (nSPS) is 10.6. The second-order valence-corrected chi connectivity index (χ2v) is 6.89. The zero-order valence-electron chi connectivity index (χ0n) is 16.5. The Morgan fingerprint density at radius 2 is 1.59 bits per heavy atom. The highest BCUT2D eigenvalue weighted by atomic mass is 35.5. The summed E-state index contributed by atoms with van der Waals surface area (Å²) in [5.74, 6) is 1.05. The number of nitrogens with zero attached hydrogens (tertiary/aromatic N) is 2. The first-order chi connectivity index (χ1) is 12.6. The van der Waals surface area contributed by atoms with E-state index >= 15 is 0 Å². The summed E-state index contributed by atoms with van der Waals surface area (Å²) >= 11 is 11.7. The van der Waals surface area contributed by atoms with Crippen LogP contribution in [0.3, 0.4) is 0 Å². The topological polar surface area (TPSA) is 32.8 Å². The van der Waals surface area contributed by atoms with E-state index in [0.717, 1.165) is 51.3 Å². The van der Waals surface area contributed by atoms with Crippen LogP contribution in [0, 0.1) is 0 Å². The van der Waals surface area contributed by atoms with Crippen LogP contribution in [0.1, 0.15) is 32.3 Å². The van der Waals surface area contributed by atoms with E-state index in [4.69, 9.17) is 27.9 Å². The highest BCUT2D eigenvalue weighted by Gasteiger charge is 2.07. The van der Waals surface area contributed by atoms with Gasteiger partial charge in [-0.3, -0.25) is 4.79 Å². The lowest BCUT2D eigenvalue weighted by atomic mass is 10.1. The fraction of sp³-hybridized carbons (Fsp3) is 0.650.